The average molecular weight is 283 g/mol. The largest absolute Gasteiger partial charge is 0.488 e. The van der Waals surface area contributed by atoms with Gasteiger partial charge in [0.25, 0.3) is 0 Å². The van der Waals surface area contributed by atoms with E-state index in [4.69, 9.17) is 9.47 Å². The molecule has 0 radical (unpaired) electrons. The molecule has 2 rings (SSSR count). The van der Waals surface area contributed by atoms with E-state index < -0.39 is 6.10 Å². The van der Waals surface area contributed by atoms with Crippen molar-refractivity contribution in [2.45, 2.75) is 37.5 Å². The summed E-state index contributed by atoms with van der Waals surface area (Å²) in [6.07, 6.45) is 1.77. The highest BCUT2D eigenvalue weighted by atomic mass is 19.1. The second-order valence-corrected chi connectivity index (χ2v) is 5.09. The summed E-state index contributed by atoms with van der Waals surface area (Å²) < 4.78 is 23.8. The van der Waals surface area contributed by atoms with Crippen LogP contribution in [0.4, 0.5) is 4.39 Å². The van der Waals surface area contributed by atoms with Gasteiger partial charge in [0.1, 0.15) is 23.8 Å². The predicted molar refractivity (Wildman–Crippen MR) is 74.3 cm³/mol. The van der Waals surface area contributed by atoms with Crippen LogP contribution in [0.15, 0.2) is 24.3 Å². The van der Waals surface area contributed by atoms with Gasteiger partial charge in [0.2, 0.25) is 0 Å². The molecular formula is C15H22FNO3. The number of halogens is 1. The number of aliphatic hydroxyl groups is 1. The van der Waals surface area contributed by atoms with Gasteiger partial charge in [0, 0.05) is 25.8 Å². The number of hydrogen-bond donors (Lipinski definition) is 2. The Morgan fingerprint density at radius 3 is 3.00 bits per heavy atom. The molecule has 0 bridgehead atoms. The van der Waals surface area contributed by atoms with Crippen molar-refractivity contribution in [3.05, 3.63) is 30.1 Å². The molecule has 1 aliphatic rings. The van der Waals surface area contributed by atoms with Crippen LogP contribution in [-0.4, -0.2) is 43.6 Å². The van der Waals surface area contributed by atoms with Gasteiger partial charge in [-0.2, -0.15) is 0 Å². The predicted octanol–water partition coefficient (Wildman–Crippen LogP) is 1.72. The van der Waals surface area contributed by atoms with Crippen molar-refractivity contribution in [2.75, 3.05) is 20.3 Å². The molecule has 0 aliphatic heterocycles. The number of ether oxygens (including phenoxy) is 2. The van der Waals surface area contributed by atoms with E-state index in [-0.39, 0.29) is 18.0 Å². The van der Waals surface area contributed by atoms with E-state index in [1.54, 1.807) is 19.2 Å². The van der Waals surface area contributed by atoms with Gasteiger partial charge in [-0.3, -0.25) is 0 Å². The number of benzene rings is 1. The Morgan fingerprint density at radius 1 is 1.40 bits per heavy atom. The van der Waals surface area contributed by atoms with Crippen molar-refractivity contribution in [1.29, 1.82) is 0 Å². The molecule has 0 saturated heterocycles. The van der Waals surface area contributed by atoms with Crippen LogP contribution in [0, 0.1) is 5.82 Å². The standard InChI is InChI=1S/C15H22FNO3/c1-19-9-8-17-13-6-3-7-14(15(13)18)20-12-5-2-4-11(16)10-12/h2,4-5,10,13-15,17-18H,3,6-9H2,1H3/t13-,14+,15+/m0/s1. The highest BCUT2D eigenvalue weighted by Gasteiger charge is 2.32. The topological polar surface area (TPSA) is 50.7 Å². The lowest BCUT2D eigenvalue weighted by Gasteiger charge is -2.35. The van der Waals surface area contributed by atoms with E-state index in [0.29, 0.717) is 18.9 Å². The third kappa shape index (κ3) is 4.16. The maximum absolute atomic E-state index is 13.1. The summed E-state index contributed by atoms with van der Waals surface area (Å²) in [5, 5.41) is 13.6. The number of hydrogen-bond acceptors (Lipinski definition) is 4. The zero-order valence-electron chi connectivity index (χ0n) is 11.7. The van der Waals surface area contributed by atoms with Gasteiger partial charge in [-0.05, 0) is 31.4 Å². The lowest BCUT2D eigenvalue weighted by molar-refractivity contribution is -0.0165. The molecule has 0 amide bonds. The number of methoxy groups -OCH3 is 1. The van der Waals surface area contributed by atoms with Crippen LogP contribution in [0.5, 0.6) is 5.75 Å². The van der Waals surface area contributed by atoms with Crippen LogP contribution in [-0.2, 0) is 4.74 Å². The van der Waals surface area contributed by atoms with Gasteiger partial charge in [-0.15, -0.1) is 0 Å². The molecule has 1 aromatic carbocycles. The molecule has 20 heavy (non-hydrogen) atoms. The fourth-order valence-corrected chi connectivity index (χ4v) is 2.55. The Morgan fingerprint density at radius 2 is 2.25 bits per heavy atom. The van der Waals surface area contributed by atoms with Crippen LogP contribution in [0.1, 0.15) is 19.3 Å². The smallest absolute Gasteiger partial charge is 0.126 e. The summed E-state index contributed by atoms with van der Waals surface area (Å²) in [7, 11) is 1.65. The average Bonchev–Trinajstić information content (AvgIpc) is 2.43. The third-order valence-corrected chi connectivity index (χ3v) is 3.59. The van der Waals surface area contributed by atoms with E-state index >= 15 is 0 Å². The van der Waals surface area contributed by atoms with Crippen LogP contribution in [0.25, 0.3) is 0 Å². The molecule has 0 unspecified atom stereocenters. The maximum Gasteiger partial charge on any atom is 0.126 e. The van der Waals surface area contributed by atoms with E-state index in [2.05, 4.69) is 5.32 Å². The van der Waals surface area contributed by atoms with Crippen LogP contribution >= 0.6 is 0 Å². The minimum absolute atomic E-state index is 0.00235. The van der Waals surface area contributed by atoms with Crippen LogP contribution < -0.4 is 10.1 Å². The Balaban J connectivity index is 1.90. The van der Waals surface area contributed by atoms with Crippen molar-refractivity contribution in [2.24, 2.45) is 0 Å². The molecule has 4 nitrogen and oxygen atoms in total. The molecule has 1 aliphatic carbocycles. The molecule has 0 spiro atoms. The number of aliphatic hydroxyl groups excluding tert-OH is 1. The lowest BCUT2D eigenvalue weighted by atomic mass is 9.90. The normalized spacial score (nSPS) is 26.4. The first-order valence-corrected chi connectivity index (χ1v) is 7.03. The fraction of sp³-hybridized carbons (Fsp3) is 0.600. The van der Waals surface area contributed by atoms with Crippen molar-refractivity contribution >= 4 is 0 Å². The quantitative estimate of drug-likeness (QED) is 0.781. The second kappa shape index (κ2) is 7.57. The molecule has 5 heteroatoms. The Bertz CT molecular complexity index is 416. The minimum atomic E-state index is -0.594. The number of rotatable bonds is 6. The van der Waals surface area contributed by atoms with E-state index in [1.165, 1.54) is 12.1 Å². The van der Waals surface area contributed by atoms with Crippen molar-refractivity contribution in [1.82, 2.24) is 5.32 Å². The van der Waals surface area contributed by atoms with E-state index in [0.717, 1.165) is 19.3 Å². The van der Waals surface area contributed by atoms with Gasteiger partial charge < -0.3 is 19.9 Å². The summed E-state index contributed by atoms with van der Waals surface area (Å²) in [4.78, 5) is 0. The zero-order chi connectivity index (χ0) is 14.4. The highest BCUT2D eigenvalue weighted by molar-refractivity contribution is 5.23. The molecule has 1 fully saturated rings. The van der Waals surface area contributed by atoms with E-state index in [9.17, 15) is 9.50 Å². The van der Waals surface area contributed by atoms with Gasteiger partial charge in [-0.25, -0.2) is 4.39 Å². The van der Waals surface area contributed by atoms with Crippen LogP contribution in [0.2, 0.25) is 0 Å². The number of nitrogens with one attached hydrogen (secondary N) is 1. The molecule has 0 aromatic heterocycles. The first-order chi connectivity index (χ1) is 9.70. The third-order valence-electron chi connectivity index (χ3n) is 3.59. The molecule has 2 N–H and O–H groups in total. The lowest BCUT2D eigenvalue weighted by Crippen LogP contribution is -2.51. The molecule has 3 atom stereocenters. The maximum atomic E-state index is 13.1. The van der Waals surface area contributed by atoms with Crippen molar-refractivity contribution in [3.8, 4) is 5.75 Å². The van der Waals surface area contributed by atoms with Gasteiger partial charge in [0.05, 0.1) is 6.61 Å². The summed E-state index contributed by atoms with van der Waals surface area (Å²) in [5.74, 6) is 0.133. The zero-order valence-corrected chi connectivity index (χ0v) is 11.7. The monoisotopic (exact) mass is 283 g/mol. The van der Waals surface area contributed by atoms with Crippen molar-refractivity contribution < 1.29 is 19.0 Å². The minimum Gasteiger partial charge on any atom is -0.488 e. The molecule has 1 saturated carbocycles. The Labute approximate surface area is 118 Å². The molecular weight excluding hydrogens is 261 g/mol. The summed E-state index contributed by atoms with van der Waals surface area (Å²) in [6.45, 7) is 1.31. The van der Waals surface area contributed by atoms with Crippen LogP contribution in [0.3, 0.4) is 0 Å². The fourth-order valence-electron chi connectivity index (χ4n) is 2.55. The summed E-state index contributed by atoms with van der Waals surface area (Å²) in [6, 6.07) is 6.03. The van der Waals surface area contributed by atoms with Crippen molar-refractivity contribution in [3.63, 3.8) is 0 Å². The first-order valence-electron chi connectivity index (χ1n) is 7.03. The van der Waals surface area contributed by atoms with Gasteiger partial charge in [-0.1, -0.05) is 6.07 Å². The van der Waals surface area contributed by atoms with Gasteiger partial charge in [0.15, 0.2) is 0 Å². The Hall–Kier alpha value is -1.17. The summed E-state index contributed by atoms with van der Waals surface area (Å²) in [5.41, 5.74) is 0. The first kappa shape index (κ1) is 15.2. The SMILES string of the molecule is COCCN[C@H]1CCC[C@@H](Oc2cccc(F)c2)[C@@H]1O. The second-order valence-electron chi connectivity index (χ2n) is 5.09. The van der Waals surface area contributed by atoms with E-state index in [1.807, 2.05) is 0 Å². The molecule has 0 heterocycles. The Kier molecular flexibility index (Phi) is 5.76. The molecule has 1 aromatic rings. The summed E-state index contributed by atoms with van der Waals surface area (Å²) >= 11 is 0. The highest BCUT2D eigenvalue weighted by Crippen LogP contribution is 2.24. The molecule has 112 valence electrons. The van der Waals surface area contributed by atoms with Gasteiger partial charge >= 0.3 is 0 Å².